The summed E-state index contributed by atoms with van der Waals surface area (Å²) in [5, 5.41) is 9.26. The van der Waals surface area contributed by atoms with Crippen LogP contribution in [0.15, 0.2) is 29.1 Å². The second-order valence-corrected chi connectivity index (χ2v) is 10.7. The topological polar surface area (TPSA) is 88.4 Å². The maximum atomic E-state index is 14.4. The van der Waals surface area contributed by atoms with Crippen LogP contribution >= 0.6 is 22.6 Å². The highest BCUT2D eigenvalue weighted by molar-refractivity contribution is 14.1. The number of nitrogens with one attached hydrogen (secondary N) is 1. The molecular formula is C20H24FIN2O4S. The number of halogens is 2. The predicted molar refractivity (Wildman–Crippen MR) is 119 cm³/mol. The minimum Gasteiger partial charge on any atom is -0.396 e. The molecule has 1 aliphatic rings. The zero-order valence-corrected chi connectivity index (χ0v) is 19.3. The molecule has 1 heterocycles. The zero-order chi connectivity index (χ0) is 21.4. The number of aromatic nitrogens is 1. The van der Waals surface area contributed by atoms with Gasteiger partial charge in [-0.15, -0.1) is 0 Å². The zero-order valence-electron chi connectivity index (χ0n) is 16.3. The Morgan fingerprint density at radius 2 is 1.97 bits per heavy atom. The molecule has 0 unspecified atom stereocenters. The van der Waals surface area contributed by atoms with E-state index in [4.69, 9.17) is 0 Å². The summed E-state index contributed by atoms with van der Waals surface area (Å²) in [5.41, 5.74) is 1.31. The molecule has 1 aromatic heterocycles. The van der Waals surface area contributed by atoms with Gasteiger partial charge in [-0.25, -0.2) is 12.8 Å². The minimum absolute atomic E-state index is 0.0728. The number of nitrogens with zero attached hydrogens (tertiary/aromatic N) is 1. The highest BCUT2D eigenvalue weighted by Crippen LogP contribution is 2.47. The van der Waals surface area contributed by atoms with E-state index in [1.807, 2.05) is 29.5 Å². The van der Waals surface area contributed by atoms with Crippen molar-refractivity contribution in [3.05, 3.63) is 60.8 Å². The van der Waals surface area contributed by atoms with Crippen LogP contribution in [-0.4, -0.2) is 29.4 Å². The Labute approximate surface area is 183 Å². The van der Waals surface area contributed by atoms with E-state index in [1.54, 1.807) is 25.2 Å². The monoisotopic (exact) mass is 534 g/mol. The maximum Gasteiger partial charge on any atom is 0.253 e. The molecule has 0 radical (unpaired) electrons. The number of pyridine rings is 1. The smallest absolute Gasteiger partial charge is 0.253 e. The third-order valence-electron chi connectivity index (χ3n) is 5.56. The van der Waals surface area contributed by atoms with Crippen LogP contribution in [0.1, 0.15) is 43.0 Å². The van der Waals surface area contributed by atoms with E-state index in [2.05, 4.69) is 4.72 Å². The molecule has 2 aromatic rings. The van der Waals surface area contributed by atoms with Crippen LogP contribution < -0.4 is 10.3 Å². The first kappa shape index (κ1) is 22.2. The average Bonchev–Trinajstić information content (AvgIpc) is 3.44. The second-order valence-electron chi connectivity index (χ2n) is 7.42. The summed E-state index contributed by atoms with van der Waals surface area (Å²) in [7, 11) is -2.20. The van der Waals surface area contributed by atoms with E-state index in [1.165, 1.54) is 10.6 Å². The number of aliphatic hydroxyl groups is 1. The van der Waals surface area contributed by atoms with Crippen LogP contribution in [0.3, 0.4) is 0 Å². The molecule has 0 atom stereocenters. The van der Waals surface area contributed by atoms with Gasteiger partial charge < -0.3 is 9.67 Å². The number of rotatable bonds is 8. The van der Waals surface area contributed by atoms with E-state index in [-0.39, 0.29) is 30.7 Å². The van der Waals surface area contributed by atoms with Crippen molar-refractivity contribution in [2.45, 2.75) is 43.8 Å². The van der Waals surface area contributed by atoms with Gasteiger partial charge in [-0.05, 0) is 72.0 Å². The quantitative estimate of drug-likeness (QED) is 0.510. The van der Waals surface area contributed by atoms with Crippen molar-refractivity contribution < 1.29 is 17.9 Å². The van der Waals surface area contributed by atoms with Gasteiger partial charge in [0.25, 0.3) is 5.56 Å². The number of aliphatic hydroxyl groups excluding tert-OH is 1. The lowest BCUT2D eigenvalue weighted by Gasteiger charge is -2.21. The molecule has 0 aliphatic heterocycles. The molecule has 1 aromatic carbocycles. The third kappa shape index (κ3) is 4.36. The van der Waals surface area contributed by atoms with Gasteiger partial charge >= 0.3 is 0 Å². The van der Waals surface area contributed by atoms with Gasteiger partial charge in [-0.1, -0.05) is 13.0 Å². The first-order chi connectivity index (χ1) is 13.6. The summed E-state index contributed by atoms with van der Waals surface area (Å²) in [5.74, 6) is -0.406. The molecule has 0 spiro atoms. The summed E-state index contributed by atoms with van der Waals surface area (Å²) in [6.45, 7) is 1.61. The molecule has 1 aliphatic carbocycles. The normalized spacial score (nSPS) is 15.3. The molecule has 1 saturated carbocycles. The Balaban J connectivity index is 2.08. The predicted octanol–water partition coefficient (Wildman–Crippen LogP) is 2.94. The molecule has 158 valence electrons. The molecular weight excluding hydrogens is 510 g/mol. The fraction of sp³-hybridized carbons (Fsp3) is 0.450. The molecule has 9 heteroatoms. The van der Waals surface area contributed by atoms with Crippen molar-refractivity contribution in [1.29, 1.82) is 0 Å². The standard InChI is InChI=1S/C20H24FIN2O4S/c1-3-13-10-17(23-29(27,28)20(6-7-20)8-9-25)18(24(2)19(13)26)11-14-4-5-15(22)12-16(14)21/h4-5,10,12,23,25H,3,6-9,11H2,1-2H3. The molecule has 2 N–H and O–H groups in total. The Kier molecular flexibility index (Phi) is 6.40. The molecule has 29 heavy (non-hydrogen) atoms. The van der Waals surface area contributed by atoms with Gasteiger partial charge in [0.2, 0.25) is 10.0 Å². The van der Waals surface area contributed by atoms with Crippen molar-refractivity contribution >= 4 is 38.3 Å². The first-order valence-electron chi connectivity index (χ1n) is 9.43. The van der Waals surface area contributed by atoms with Crippen molar-refractivity contribution in [2.24, 2.45) is 7.05 Å². The molecule has 3 rings (SSSR count). The third-order valence-corrected chi connectivity index (χ3v) is 8.47. The van der Waals surface area contributed by atoms with Crippen LogP contribution in [0.2, 0.25) is 0 Å². The van der Waals surface area contributed by atoms with Gasteiger partial charge in [0.15, 0.2) is 0 Å². The number of hydrogen-bond acceptors (Lipinski definition) is 4. The number of anilines is 1. The van der Waals surface area contributed by atoms with E-state index in [0.29, 0.717) is 36.1 Å². The number of sulfonamides is 1. The molecule has 0 amide bonds. The Morgan fingerprint density at radius 3 is 2.52 bits per heavy atom. The van der Waals surface area contributed by atoms with Gasteiger partial charge in [-0.3, -0.25) is 9.52 Å². The number of benzene rings is 1. The Hall–Kier alpha value is -1.46. The van der Waals surface area contributed by atoms with Gasteiger partial charge in [0.1, 0.15) is 5.82 Å². The SMILES string of the molecule is CCc1cc(NS(=O)(=O)C2(CCO)CC2)c(Cc2ccc(I)cc2F)n(C)c1=O. The van der Waals surface area contributed by atoms with Gasteiger partial charge in [0, 0.05) is 34.9 Å². The average molecular weight is 534 g/mol. The molecule has 1 fully saturated rings. The van der Waals surface area contributed by atoms with Crippen LogP contribution in [-0.2, 0) is 29.9 Å². The van der Waals surface area contributed by atoms with Gasteiger partial charge in [-0.2, -0.15) is 0 Å². The van der Waals surface area contributed by atoms with Crippen molar-refractivity contribution in [3.63, 3.8) is 0 Å². The summed E-state index contributed by atoms with van der Waals surface area (Å²) in [6.07, 6.45) is 1.65. The fourth-order valence-corrected chi connectivity index (χ4v) is 5.62. The van der Waals surface area contributed by atoms with Crippen molar-refractivity contribution in [1.82, 2.24) is 4.57 Å². The summed E-state index contributed by atoms with van der Waals surface area (Å²) < 4.78 is 44.2. The van der Waals surface area contributed by atoms with E-state index < -0.39 is 20.6 Å². The van der Waals surface area contributed by atoms with E-state index >= 15 is 0 Å². The highest BCUT2D eigenvalue weighted by atomic mass is 127. The second kappa shape index (κ2) is 8.35. The summed E-state index contributed by atoms with van der Waals surface area (Å²) >= 11 is 2.02. The molecule has 0 bridgehead atoms. The largest absolute Gasteiger partial charge is 0.396 e. The van der Waals surface area contributed by atoms with Crippen molar-refractivity contribution in [3.8, 4) is 0 Å². The molecule has 6 nitrogen and oxygen atoms in total. The Bertz CT molecular complexity index is 1090. The minimum atomic E-state index is -3.77. The van der Waals surface area contributed by atoms with E-state index in [0.717, 1.165) is 3.57 Å². The summed E-state index contributed by atoms with van der Waals surface area (Å²) in [6, 6.07) is 6.36. The number of hydrogen-bond donors (Lipinski definition) is 2. The van der Waals surface area contributed by atoms with Gasteiger partial charge in [0.05, 0.1) is 10.4 Å². The lowest BCUT2D eigenvalue weighted by Crippen LogP contribution is -2.33. The Morgan fingerprint density at radius 1 is 1.28 bits per heavy atom. The lowest BCUT2D eigenvalue weighted by molar-refractivity contribution is 0.283. The maximum absolute atomic E-state index is 14.4. The number of aryl methyl sites for hydroxylation is 1. The van der Waals surface area contributed by atoms with Crippen LogP contribution in [0.5, 0.6) is 0 Å². The molecule has 0 saturated heterocycles. The van der Waals surface area contributed by atoms with Crippen LogP contribution in [0.25, 0.3) is 0 Å². The fourth-order valence-electron chi connectivity index (χ4n) is 3.49. The van der Waals surface area contributed by atoms with Crippen LogP contribution in [0.4, 0.5) is 10.1 Å². The summed E-state index contributed by atoms with van der Waals surface area (Å²) in [4.78, 5) is 12.6. The lowest BCUT2D eigenvalue weighted by atomic mass is 10.1. The highest BCUT2D eigenvalue weighted by Gasteiger charge is 2.54. The van der Waals surface area contributed by atoms with E-state index in [9.17, 15) is 22.7 Å². The van der Waals surface area contributed by atoms with Crippen LogP contribution in [0, 0.1) is 9.39 Å². The first-order valence-corrected chi connectivity index (χ1v) is 12.0. The van der Waals surface area contributed by atoms with Crippen molar-refractivity contribution in [2.75, 3.05) is 11.3 Å².